The van der Waals surface area contributed by atoms with Gasteiger partial charge >= 0.3 is 0 Å². The van der Waals surface area contributed by atoms with Crippen LogP contribution in [0.4, 0.5) is 8.78 Å². The van der Waals surface area contributed by atoms with Crippen LogP contribution in [0.25, 0.3) is 0 Å². The molecule has 0 radical (unpaired) electrons. The van der Waals surface area contributed by atoms with Gasteiger partial charge in [-0.3, -0.25) is 0 Å². The highest BCUT2D eigenvalue weighted by Crippen LogP contribution is 2.45. The fourth-order valence-electron chi connectivity index (χ4n) is 5.11. The number of allylic oxidation sites excluding steroid dienone is 3. The van der Waals surface area contributed by atoms with E-state index in [1.165, 1.54) is 38.5 Å². The molecule has 3 aliphatic carbocycles. The predicted molar refractivity (Wildman–Crippen MR) is 93.9 cm³/mol. The Labute approximate surface area is 145 Å². The van der Waals surface area contributed by atoms with Crippen molar-refractivity contribution >= 4 is 0 Å². The molecule has 2 fully saturated rings. The Morgan fingerprint density at radius 3 is 2.08 bits per heavy atom. The van der Waals surface area contributed by atoms with Crippen LogP contribution in [0.2, 0.25) is 0 Å². The molecule has 1 nitrogen and oxygen atoms in total. The number of hydrogen-bond acceptors (Lipinski definition) is 1. The van der Waals surface area contributed by atoms with Crippen molar-refractivity contribution < 1.29 is 13.5 Å². The van der Waals surface area contributed by atoms with Gasteiger partial charge in [0.15, 0.2) is 17.8 Å². The summed E-state index contributed by atoms with van der Waals surface area (Å²) in [4.78, 5) is 0. The van der Waals surface area contributed by atoms with E-state index in [0.29, 0.717) is 6.61 Å². The Balaban J connectivity index is 1.53. The highest BCUT2D eigenvalue weighted by atomic mass is 19.2. The average molecular weight is 338 g/mol. The predicted octanol–water partition coefficient (Wildman–Crippen LogP) is 6.36. The van der Waals surface area contributed by atoms with Crippen LogP contribution in [0.5, 0.6) is 0 Å². The first-order valence-electron chi connectivity index (χ1n) is 9.94. The molecule has 3 rings (SSSR count). The summed E-state index contributed by atoms with van der Waals surface area (Å²) in [5.41, 5.74) is 0. The van der Waals surface area contributed by atoms with Gasteiger partial charge < -0.3 is 4.74 Å². The van der Waals surface area contributed by atoms with Gasteiger partial charge in [0, 0.05) is 5.92 Å². The molecule has 3 heteroatoms. The summed E-state index contributed by atoms with van der Waals surface area (Å²) in [7, 11) is 0. The molecular formula is C21H32F2O. The number of ether oxygens (including phenoxy) is 1. The Hall–Kier alpha value is -0.860. The average Bonchev–Trinajstić information content (AvgIpc) is 2.60. The molecule has 0 aromatic rings. The fourth-order valence-corrected chi connectivity index (χ4v) is 5.11. The Bertz CT molecular complexity index is 468. The van der Waals surface area contributed by atoms with Gasteiger partial charge in [-0.2, -0.15) is 0 Å². The Morgan fingerprint density at radius 2 is 1.50 bits per heavy atom. The van der Waals surface area contributed by atoms with Gasteiger partial charge in [0.05, 0.1) is 6.61 Å². The van der Waals surface area contributed by atoms with E-state index in [1.807, 2.05) is 6.08 Å². The van der Waals surface area contributed by atoms with E-state index in [2.05, 4.69) is 6.92 Å². The summed E-state index contributed by atoms with van der Waals surface area (Å²) in [6.07, 6.45) is 12.0. The van der Waals surface area contributed by atoms with Crippen molar-refractivity contribution in [3.63, 3.8) is 0 Å². The number of rotatable bonds is 4. The molecule has 0 heterocycles. The highest BCUT2D eigenvalue weighted by Gasteiger charge is 2.38. The number of halogens is 2. The van der Waals surface area contributed by atoms with E-state index in [9.17, 15) is 8.78 Å². The van der Waals surface area contributed by atoms with Crippen molar-refractivity contribution in [1.29, 1.82) is 0 Å². The quantitative estimate of drug-likeness (QED) is 0.579. The summed E-state index contributed by atoms with van der Waals surface area (Å²) in [5.74, 6) is 1.96. The third-order valence-corrected chi connectivity index (χ3v) is 6.67. The van der Waals surface area contributed by atoms with Gasteiger partial charge in [0.1, 0.15) is 0 Å². The summed E-state index contributed by atoms with van der Waals surface area (Å²) in [6, 6.07) is 0. The molecule has 0 amide bonds. The molecule has 0 bridgehead atoms. The van der Waals surface area contributed by atoms with Gasteiger partial charge in [0.2, 0.25) is 0 Å². The maximum Gasteiger partial charge on any atom is 0.176 e. The van der Waals surface area contributed by atoms with Crippen molar-refractivity contribution in [1.82, 2.24) is 0 Å². The molecule has 3 aliphatic rings. The summed E-state index contributed by atoms with van der Waals surface area (Å²) >= 11 is 0. The summed E-state index contributed by atoms with van der Waals surface area (Å²) < 4.78 is 33.9. The van der Waals surface area contributed by atoms with E-state index in [0.717, 1.165) is 30.6 Å². The van der Waals surface area contributed by atoms with Gasteiger partial charge in [-0.1, -0.05) is 25.8 Å². The maximum absolute atomic E-state index is 14.5. The zero-order valence-corrected chi connectivity index (χ0v) is 15.1. The molecule has 0 spiro atoms. The molecular weight excluding hydrogens is 306 g/mol. The fraction of sp³-hybridized carbons (Fsp3) is 0.810. The third kappa shape index (κ3) is 3.86. The van der Waals surface area contributed by atoms with Gasteiger partial charge in [-0.05, 0) is 75.2 Å². The maximum atomic E-state index is 14.5. The van der Waals surface area contributed by atoms with Gasteiger partial charge in [-0.25, -0.2) is 8.78 Å². The van der Waals surface area contributed by atoms with E-state index >= 15 is 0 Å². The minimum Gasteiger partial charge on any atom is -0.491 e. The van der Waals surface area contributed by atoms with Gasteiger partial charge in [0.25, 0.3) is 0 Å². The van der Waals surface area contributed by atoms with Crippen molar-refractivity contribution in [3.8, 4) is 0 Å². The second-order valence-electron chi connectivity index (χ2n) is 8.18. The van der Waals surface area contributed by atoms with Crippen LogP contribution in [0.15, 0.2) is 23.7 Å². The van der Waals surface area contributed by atoms with Crippen LogP contribution in [0.1, 0.15) is 65.2 Å². The highest BCUT2D eigenvalue weighted by molar-refractivity contribution is 5.26. The standard InChI is InChI=1S/C21H32F2O/c1-3-24-19-13-12-18(20(22)21(19)23)17-10-8-16(9-11-17)15-6-4-14(2)5-7-15/h12-18,20H,3-11H2,1-2H3. The van der Waals surface area contributed by atoms with Crippen LogP contribution in [0.3, 0.4) is 0 Å². The molecule has 2 unspecified atom stereocenters. The molecule has 0 aromatic heterocycles. The van der Waals surface area contributed by atoms with E-state index < -0.39 is 12.0 Å². The Kier molecular flexibility index (Phi) is 5.99. The first-order valence-corrected chi connectivity index (χ1v) is 9.94. The lowest BCUT2D eigenvalue weighted by atomic mass is 9.66. The molecule has 0 N–H and O–H groups in total. The van der Waals surface area contributed by atoms with E-state index in [4.69, 9.17) is 4.74 Å². The molecule has 0 saturated heterocycles. The lowest BCUT2D eigenvalue weighted by Crippen LogP contribution is -2.32. The largest absolute Gasteiger partial charge is 0.491 e. The topological polar surface area (TPSA) is 9.23 Å². The minimum absolute atomic E-state index is 0.0891. The lowest BCUT2D eigenvalue weighted by Gasteiger charge is -2.39. The van der Waals surface area contributed by atoms with E-state index in [1.54, 1.807) is 13.0 Å². The second-order valence-corrected chi connectivity index (χ2v) is 8.18. The molecule has 2 atom stereocenters. The van der Waals surface area contributed by atoms with Crippen molar-refractivity contribution in [2.24, 2.45) is 29.6 Å². The third-order valence-electron chi connectivity index (χ3n) is 6.67. The van der Waals surface area contributed by atoms with Crippen LogP contribution < -0.4 is 0 Å². The summed E-state index contributed by atoms with van der Waals surface area (Å²) in [6.45, 7) is 4.53. The van der Waals surface area contributed by atoms with Crippen LogP contribution >= 0.6 is 0 Å². The second kappa shape index (κ2) is 8.01. The van der Waals surface area contributed by atoms with Crippen LogP contribution in [-0.2, 0) is 4.74 Å². The first-order chi connectivity index (χ1) is 11.6. The monoisotopic (exact) mass is 338 g/mol. The number of alkyl halides is 1. The normalized spacial score (nSPS) is 40.7. The molecule has 0 aliphatic heterocycles. The Morgan fingerprint density at radius 1 is 0.958 bits per heavy atom. The molecule has 24 heavy (non-hydrogen) atoms. The molecule has 0 aromatic carbocycles. The van der Waals surface area contributed by atoms with Crippen molar-refractivity contribution in [2.75, 3.05) is 6.61 Å². The lowest BCUT2D eigenvalue weighted by molar-refractivity contribution is 0.106. The molecule has 136 valence electrons. The van der Waals surface area contributed by atoms with Gasteiger partial charge in [-0.15, -0.1) is 0 Å². The van der Waals surface area contributed by atoms with Crippen molar-refractivity contribution in [3.05, 3.63) is 23.7 Å². The zero-order valence-electron chi connectivity index (χ0n) is 15.1. The minimum atomic E-state index is -1.52. The molecule has 2 saturated carbocycles. The zero-order chi connectivity index (χ0) is 17.1. The number of hydrogen-bond donors (Lipinski definition) is 0. The van der Waals surface area contributed by atoms with Crippen LogP contribution in [-0.4, -0.2) is 12.8 Å². The van der Waals surface area contributed by atoms with E-state index in [-0.39, 0.29) is 17.6 Å². The smallest absolute Gasteiger partial charge is 0.176 e. The van der Waals surface area contributed by atoms with Crippen molar-refractivity contribution in [2.45, 2.75) is 71.4 Å². The van der Waals surface area contributed by atoms with Crippen LogP contribution in [0, 0.1) is 29.6 Å². The SMILES string of the molecule is CCOC1=C(F)C(F)C(C2CCC(C3CCC(C)CC3)CC2)C=C1. The first kappa shape index (κ1) is 17.9. The summed E-state index contributed by atoms with van der Waals surface area (Å²) in [5, 5.41) is 0.